The number of rotatable bonds is 8. The Hall–Kier alpha value is -1.96. The lowest BCUT2D eigenvalue weighted by Crippen LogP contribution is -2.28. The molecule has 0 aliphatic carbocycles. The van der Waals surface area contributed by atoms with Crippen LogP contribution in [0.2, 0.25) is 0 Å². The van der Waals surface area contributed by atoms with Gasteiger partial charge in [-0.1, -0.05) is 12.1 Å². The van der Waals surface area contributed by atoms with Crippen molar-refractivity contribution in [3.63, 3.8) is 0 Å². The fourth-order valence-corrected chi connectivity index (χ4v) is 2.60. The highest BCUT2D eigenvalue weighted by Gasteiger charge is 2.04. The summed E-state index contributed by atoms with van der Waals surface area (Å²) in [6.45, 7) is 3.95. The predicted octanol–water partition coefficient (Wildman–Crippen LogP) is 2.94. The second-order valence-corrected chi connectivity index (χ2v) is 5.88. The van der Waals surface area contributed by atoms with Gasteiger partial charge in [-0.3, -0.25) is 0 Å². The Morgan fingerprint density at radius 1 is 1.35 bits per heavy atom. The van der Waals surface area contributed by atoms with E-state index in [-0.39, 0.29) is 6.03 Å². The highest BCUT2D eigenvalue weighted by Crippen LogP contribution is 2.12. The molecule has 7 heteroatoms. The molecule has 2 N–H and O–H groups in total. The minimum absolute atomic E-state index is 0.254. The molecule has 0 aliphatic heterocycles. The highest BCUT2D eigenvalue weighted by atomic mass is 32.1. The number of methoxy groups -OCH3 is 1. The lowest BCUT2D eigenvalue weighted by molar-refractivity contribution is 0.0617. The van der Waals surface area contributed by atoms with Crippen molar-refractivity contribution in [1.29, 1.82) is 0 Å². The van der Waals surface area contributed by atoms with Gasteiger partial charge >= 0.3 is 6.03 Å². The number of urea groups is 1. The summed E-state index contributed by atoms with van der Waals surface area (Å²) in [7, 11) is 1.64. The van der Waals surface area contributed by atoms with Crippen LogP contribution < -0.4 is 10.6 Å². The second kappa shape index (κ2) is 9.24. The van der Waals surface area contributed by atoms with Gasteiger partial charge in [-0.2, -0.15) is 0 Å². The fraction of sp³-hybridized carbons (Fsp3) is 0.375. The van der Waals surface area contributed by atoms with Crippen LogP contribution >= 0.6 is 11.3 Å². The summed E-state index contributed by atoms with van der Waals surface area (Å²) >= 11 is 1.53. The number of anilines is 1. The topological polar surface area (TPSA) is 72.5 Å². The van der Waals surface area contributed by atoms with Gasteiger partial charge in [0.15, 0.2) is 0 Å². The molecule has 0 saturated carbocycles. The van der Waals surface area contributed by atoms with E-state index in [4.69, 9.17) is 9.47 Å². The zero-order chi connectivity index (χ0) is 16.5. The van der Waals surface area contributed by atoms with Gasteiger partial charge in [0.1, 0.15) is 5.01 Å². The van der Waals surface area contributed by atoms with E-state index in [1.807, 2.05) is 36.6 Å². The van der Waals surface area contributed by atoms with E-state index in [1.54, 1.807) is 7.11 Å². The Morgan fingerprint density at radius 3 is 2.96 bits per heavy atom. The Morgan fingerprint density at radius 2 is 2.22 bits per heavy atom. The number of aryl methyl sites for hydroxylation is 1. The Labute approximate surface area is 139 Å². The van der Waals surface area contributed by atoms with Crippen molar-refractivity contribution in [2.75, 3.05) is 25.6 Å². The normalized spacial score (nSPS) is 10.5. The molecular weight excluding hydrogens is 314 g/mol. The predicted molar refractivity (Wildman–Crippen MR) is 90.7 cm³/mol. The largest absolute Gasteiger partial charge is 0.382 e. The standard InChI is InChI=1S/C16H21N3O3S/c1-12-11-23-15(18-12)9-17-16(20)19-14-5-3-4-13(8-14)10-22-7-6-21-2/h3-5,8,11H,6-7,9-10H2,1-2H3,(H2,17,19,20). The molecule has 124 valence electrons. The van der Waals surface area contributed by atoms with Gasteiger partial charge in [0, 0.05) is 23.9 Å². The number of carbonyl (C=O) groups is 1. The van der Waals surface area contributed by atoms with E-state index >= 15 is 0 Å². The third kappa shape index (κ3) is 6.35. The molecule has 6 nitrogen and oxygen atoms in total. The number of nitrogens with zero attached hydrogens (tertiary/aromatic N) is 1. The molecule has 1 aromatic heterocycles. The summed E-state index contributed by atoms with van der Waals surface area (Å²) in [4.78, 5) is 16.2. The summed E-state index contributed by atoms with van der Waals surface area (Å²) in [5.74, 6) is 0. The van der Waals surface area contributed by atoms with Crippen LogP contribution in [0.3, 0.4) is 0 Å². The van der Waals surface area contributed by atoms with Crippen LogP contribution in [-0.2, 0) is 22.6 Å². The molecule has 0 radical (unpaired) electrons. The second-order valence-electron chi connectivity index (χ2n) is 4.94. The van der Waals surface area contributed by atoms with Crippen LogP contribution in [-0.4, -0.2) is 31.3 Å². The van der Waals surface area contributed by atoms with Gasteiger partial charge in [-0.15, -0.1) is 11.3 Å². The number of amides is 2. The first-order valence-corrected chi connectivity index (χ1v) is 8.17. The number of aromatic nitrogens is 1. The summed E-state index contributed by atoms with van der Waals surface area (Å²) in [5, 5.41) is 8.45. The van der Waals surface area contributed by atoms with Crippen LogP contribution in [0.4, 0.5) is 10.5 Å². The zero-order valence-electron chi connectivity index (χ0n) is 13.3. The zero-order valence-corrected chi connectivity index (χ0v) is 14.1. The van der Waals surface area contributed by atoms with Crippen molar-refractivity contribution in [3.8, 4) is 0 Å². The van der Waals surface area contributed by atoms with Gasteiger partial charge in [0.25, 0.3) is 0 Å². The highest BCUT2D eigenvalue weighted by molar-refractivity contribution is 7.09. The average molecular weight is 335 g/mol. The fourth-order valence-electron chi connectivity index (χ4n) is 1.89. The molecule has 2 aromatic rings. The van der Waals surface area contributed by atoms with Gasteiger partial charge in [-0.25, -0.2) is 9.78 Å². The molecule has 0 aliphatic rings. The lowest BCUT2D eigenvalue weighted by atomic mass is 10.2. The van der Waals surface area contributed by atoms with Crippen molar-refractivity contribution in [2.24, 2.45) is 0 Å². The number of ether oxygens (including phenoxy) is 2. The van der Waals surface area contributed by atoms with Crippen molar-refractivity contribution in [1.82, 2.24) is 10.3 Å². The minimum Gasteiger partial charge on any atom is -0.382 e. The van der Waals surface area contributed by atoms with Crippen LogP contribution in [0.1, 0.15) is 16.3 Å². The van der Waals surface area contributed by atoms with Crippen LogP contribution in [0.25, 0.3) is 0 Å². The van der Waals surface area contributed by atoms with E-state index < -0.39 is 0 Å². The Balaban J connectivity index is 1.78. The number of hydrogen-bond donors (Lipinski definition) is 2. The van der Waals surface area contributed by atoms with Gasteiger partial charge in [0.05, 0.1) is 26.4 Å². The maximum absolute atomic E-state index is 11.9. The number of nitrogens with one attached hydrogen (secondary N) is 2. The maximum Gasteiger partial charge on any atom is 0.319 e. The van der Waals surface area contributed by atoms with E-state index in [9.17, 15) is 4.79 Å². The van der Waals surface area contributed by atoms with Crippen molar-refractivity contribution in [3.05, 3.63) is 45.9 Å². The third-order valence-corrected chi connectivity index (χ3v) is 3.92. The lowest BCUT2D eigenvalue weighted by Gasteiger charge is -2.09. The Bertz CT molecular complexity index is 631. The van der Waals surface area contributed by atoms with Crippen molar-refractivity contribution < 1.29 is 14.3 Å². The molecule has 0 bridgehead atoms. The number of carbonyl (C=O) groups excluding carboxylic acids is 1. The summed E-state index contributed by atoms with van der Waals surface area (Å²) in [6, 6.07) is 7.31. The quantitative estimate of drug-likeness (QED) is 0.728. The third-order valence-electron chi connectivity index (χ3n) is 2.95. The molecule has 2 amide bonds. The van der Waals surface area contributed by atoms with E-state index in [0.717, 1.165) is 22.0 Å². The SMILES string of the molecule is COCCOCc1cccc(NC(=O)NCc2nc(C)cs2)c1. The van der Waals surface area contributed by atoms with Crippen molar-refractivity contribution in [2.45, 2.75) is 20.1 Å². The first kappa shape index (κ1) is 17.4. The number of hydrogen-bond acceptors (Lipinski definition) is 5. The molecule has 23 heavy (non-hydrogen) atoms. The number of benzene rings is 1. The average Bonchev–Trinajstić information content (AvgIpc) is 2.96. The Kier molecular flexibility index (Phi) is 6.99. The van der Waals surface area contributed by atoms with Gasteiger partial charge < -0.3 is 20.1 Å². The summed E-state index contributed by atoms with van der Waals surface area (Å²) in [5.41, 5.74) is 2.69. The van der Waals surface area contributed by atoms with Crippen LogP contribution in [0.5, 0.6) is 0 Å². The smallest absolute Gasteiger partial charge is 0.319 e. The first-order chi connectivity index (χ1) is 11.2. The molecule has 1 heterocycles. The monoisotopic (exact) mass is 335 g/mol. The van der Waals surface area contributed by atoms with Crippen LogP contribution in [0, 0.1) is 6.92 Å². The molecule has 1 aromatic carbocycles. The van der Waals surface area contributed by atoms with E-state index in [0.29, 0.717) is 26.4 Å². The first-order valence-electron chi connectivity index (χ1n) is 7.29. The molecular formula is C16H21N3O3S. The van der Waals surface area contributed by atoms with Crippen LogP contribution in [0.15, 0.2) is 29.6 Å². The van der Waals surface area contributed by atoms with E-state index in [2.05, 4.69) is 15.6 Å². The molecule has 0 fully saturated rings. The summed E-state index contributed by atoms with van der Waals surface area (Å²) < 4.78 is 10.4. The van der Waals surface area contributed by atoms with E-state index in [1.165, 1.54) is 11.3 Å². The molecule has 0 saturated heterocycles. The molecule has 0 spiro atoms. The van der Waals surface area contributed by atoms with Gasteiger partial charge in [-0.05, 0) is 24.6 Å². The molecule has 0 unspecified atom stereocenters. The molecule has 2 rings (SSSR count). The maximum atomic E-state index is 11.9. The summed E-state index contributed by atoms with van der Waals surface area (Å²) in [6.07, 6.45) is 0. The minimum atomic E-state index is -0.254. The number of thiazole rings is 1. The van der Waals surface area contributed by atoms with Crippen molar-refractivity contribution >= 4 is 23.1 Å². The molecule has 0 atom stereocenters. The van der Waals surface area contributed by atoms with Gasteiger partial charge in [0.2, 0.25) is 0 Å².